The van der Waals surface area contributed by atoms with E-state index in [1.54, 1.807) is 0 Å². The number of rotatable bonds is 76. The Bertz CT molecular complexity index is 1760. The highest BCUT2D eigenvalue weighted by molar-refractivity contribution is 6.13. The lowest BCUT2D eigenvalue weighted by Gasteiger charge is -2.13. The quantitative estimate of drug-likeness (QED) is 0.0552. The smallest absolute Gasteiger partial charge is 0.335 e. The molecule has 2 rings (SSSR count). The van der Waals surface area contributed by atoms with Gasteiger partial charge in [-0.25, -0.2) is 4.79 Å². The molecule has 0 radical (unpaired) electrons. The molecule has 0 spiro atoms. The summed E-state index contributed by atoms with van der Waals surface area (Å²) in [6.45, 7) is 20.3. The summed E-state index contributed by atoms with van der Waals surface area (Å²) < 4.78 is 126. The molecule has 1 saturated heterocycles. The van der Waals surface area contributed by atoms with E-state index in [1.807, 2.05) is 0 Å². The molecule has 93 heavy (non-hydrogen) atoms. The minimum absolute atomic E-state index is 0.0422. The molecule has 0 bridgehead atoms. The summed E-state index contributed by atoms with van der Waals surface area (Å²) in [6, 6.07) is 0. The van der Waals surface area contributed by atoms with Gasteiger partial charge in [0.05, 0.1) is 310 Å². The molecular weight excluding hydrogens is 1240 g/mol. The molecule has 0 saturated carbocycles. The lowest BCUT2D eigenvalue weighted by molar-refractivity contribution is -0.198. The number of hydrogen-bond acceptors (Lipinski definition) is 30. The highest BCUT2D eigenvalue weighted by Gasteiger charge is 2.32. The summed E-state index contributed by atoms with van der Waals surface area (Å²) in [5, 5.41) is 3.20. The van der Waals surface area contributed by atoms with Crippen LogP contribution in [0.1, 0.15) is 25.7 Å². The Balaban J connectivity index is 1.09. The Morgan fingerprint density at radius 1 is 0.280 bits per heavy atom. The van der Waals surface area contributed by atoms with Gasteiger partial charge < -0.3 is 119 Å². The lowest BCUT2D eigenvalue weighted by atomic mass is 10.3. The zero-order valence-electron chi connectivity index (χ0n) is 54.6. The third-order valence-corrected chi connectivity index (χ3v) is 11.9. The van der Waals surface area contributed by atoms with Crippen molar-refractivity contribution in [2.75, 3.05) is 317 Å². The van der Waals surface area contributed by atoms with E-state index >= 15 is 0 Å². The molecule has 1 fully saturated rings. The van der Waals surface area contributed by atoms with Crippen molar-refractivity contribution in [3.05, 3.63) is 12.2 Å². The largest absolute Gasteiger partial charge is 0.378 e. The first-order valence-electron chi connectivity index (χ1n) is 32.0. The molecule has 0 unspecified atom stereocenters. The van der Waals surface area contributed by atoms with Crippen LogP contribution < -0.4 is 5.32 Å². The molecule has 5 amide bonds. The van der Waals surface area contributed by atoms with Crippen LogP contribution in [0.2, 0.25) is 0 Å². The van der Waals surface area contributed by atoms with Crippen LogP contribution in [-0.2, 0) is 143 Å². The Hall–Kier alpha value is -3.96. The van der Waals surface area contributed by atoms with Crippen LogP contribution >= 0.6 is 0 Å². The number of nitrogens with zero attached hydrogens (tertiary/aromatic N) is 2. The maximum atomic E-state index is 11.8. The molecule has 33 nitrogen and oxygen atoms in total. The first kappa shape index (κ1) is 85.1. The minimum Gasteiger partial charge on any atom is -0.378 e. The van der Waals surface area contributed by atoms with Gasteiger partial charge in [0.15, 0.2) is 0 Å². The number of carbonyl (C=O) groups excluding carboxylic acids is 6. The predicted octanol–water partition coefficient (Wildman–Crippen LogP) is -1.20. The second-order valence-electron chi connectivity index (χ2n) is 19.1. The van der Waals surface area contributed by atoms with E-state index in [2.05, 4.69) is 5.32 Å². The van der Waals surface area contributed by atoms with Crippen molar-refractivity contribution >= 4 is 35.5 Å². The summed E-state index contributed by atoms with van der Waals surface area (Å²) in [4.78, 5) is 75.2. The molecule has 0 aromatic heterocycles. The molecule has 1 N–H and O–H groups in total. The van der Waals surface area contributed by atoms with Crippen molar-refractivity contribution in [3.63, 3.8) is 0 Å². The van der Waals surface area contributed by atoms with E-state index in [1.165, 1.54) is 12.2 Å². The topological polar surface area (TPSA) is 342 Å². The summed E-state index contributed by atoms with van der Waals surface area (Å²) >= 11 is 0. The van der Waals surface area contributed by atoms with Crippen molar-refractivity contribution in [1.29, 1.82) is 0 Å². The van der Waals surface area contributed by atoms with Crippen molar-refractivity contribution in [3.8, 4) is 0 Å². The molecule has 2 heterocycles. The van der Waals surface area contributed by atoms with Gasteiger partial charge in [0, 0.05) is 44.5 Å². The maximum absolute atomic E-state index is 11.8. The number of amides is 5. The van der Waals surface area contributed by atoms with E-state index < -0.39 is 29.6 Å². The van der Waals surface area contributed by atoms with Gasteiger partial charge in [0.25, 0.3) is 23.6 Å². The molecule has 0 aromatic carbocycles. The Kier molecular flexibility index (Phi) is 62.2. The molecular formula is C60H107N3O30. The first-order chi connectivity index (χ1) is 45.9. The van der Waals surface area contributed by atoms with Gasteiger partial charge >= 0.3 is 5.97 Å². The number of hydroxylamine groups is 2. The standard InChI is InChI=1S/C60H107N3O30/c64-55(5-8-62-56(65)1-2-57(62)66)61-7-10-71-12-14-73-16-18-75-20-22-77-24-26-79-28-30-81-32-34-83-36-38-85-40-42-87-44-46-89-48-50-91-52-54-92-53-51-90-49-47-88-45-43-86-41-39-84-37-35-82-33-31-80-29-27-78-25-23-76-21-19-74-17-15-72-13-11-70-9-6-60(69)93-63-58(67)3-4-59(63)68/h1-2H,3-54H2,(H,61,64). The predicted molar refractivity (Wildman–Crippen MR) is 324 cm³/mol. The van der Waals surface area contributed by atoms with Gasteiger partial charge in [-0.15, -0.1) is 5.06 Å². The van der Waals surface area contributed by atoms with E-state index in [0.29, 0.717) is 302 Å². The number of nitrogens with one attached hydrogen (secondary N) is 1. The molecule has 542 valence electrons. The van der Waals surface area contributed by atoms with Crippen LogP contribution in [0.15, 0.2) is 12.2 Å². The summed E-state index contributed by atoms with van der Waals surface area (Å²) in [7, 11) is 0. The van der Waals surface area contributed by atoms with Crippen LogP contribution in [0.3, 0.4) is 0 Å². The van der Waals surface area contributed by atoms with E-state index in [-0.39, 0.29) is 51.3 Å². The fourth-order valence-corrected chi connectivity index (χ4v) is 7.12. The van der Waals surface area contributed by atoms with Crippen LogP contribution in [0.25, 0.3) is 0 Å². The van der Waals surface area contributed by atoms with Gasteiger partial charge in [-0.3, -0.25) is 28.9 Å². The zero-order valence-corrected chi connectivity index (χ0v) is 54.6. The zero-order chi connectivity index (χ0) is 66.5. The average Bonchev–Trinajstić information content (AvgIpc) is 2.03. The van der Waals surface area contributed by atoms with Crippen molar-refractivity contribution in [2.24, 2.45) is 0 Å². The second-order valence-corrected chi connectivity index (χ2v) is 19.1. The van der Waals surface area contributed by atoms with Gasteiger partial charge in [0.2, 0.25) is 5.91 Å². The van der Waals surface area contributed by atoms with E-state index in [0.717, 1.165) is 4.90 Å². The molecule has 2 aliphatic heterocycles. The van der Waals surface area contributed by atoms with Crippen LogP contribution in [-0.4, -0.2) is 362 Å². The third kappa shape index (κ3) is 58.0. The van der Waals surface area contributed by atoms with Crippen LogP contribution in [0, 0.1) is 0 Å². The fourth-order valence-electron chi connectivity index (χ4n) is 7.12. The minimum atomic E-state index is -0.707. The lowest BCUT2D eigenvalue weighted by Crippen LogP contribution is -2.35. The summed E-state index contributed by atoms with van der Waals surface area (Å²) in [5.74, 6) is -2.81. The molecule has 0 atom stereocenters. The highest BCUT2D eigenvalue weighted by Crippen LogP contribution is 2.12. The normalized spacial score (nSPS) is 13.3. The average molecular weight is 1350 g/mol. The summed E-state index contributed by atoms with van der Waals surface area (Å²) in [5.41, 5.74) is 0. The SMILES string of the molecule is O=C(CCN1C(=O)C=CC1=O)NCCOCCOCCOCCOCCOCCOCCOCCOCCOCCOCCOCCOCCOCCOCCOCCOCCOCCOCCOCCOCCOCCOCCOCCC(=O)ON1C(=O)CCC1=O. The van der Waals surface area contributed by atoms with E-state index in [9.17, 15) is 28.8 Å². The van der Waals surface area contributed by atoms with Crippen molar-refractivity contribution in [1.82, 2.24) is 15.3 Å². The number of imide groups is 2. The second kappa shape index (κ2) is 68.0. The molecule has 0 aromatic rings. The number of carbonyl (C=O) groups is 6. The van der Waals surface area contributed by atoms with Gasteiger partial charge in [-0.2, -0.15) is 0 Å². The molecule has 2 aliphatic rings. The Morgan fingerprint density at radius 2 is 0.473 bits per heavy atom. The first-order valence-corrected chi connectivity index (χ1v) is 32.0. The van der Waals surface area contributed by atoms with Gasteiger partial charge in [0.1, 0.15) is 0 Å². The number of ether oxygens (including phenoxy) is 23. The van der Waals surface area contributed by atoms with Crippen molar-refractivity contribution in [2.45, 2.75) is 25.7 Å². The van der Waals surface area contributed by atoms with Crippen molar-refractivity contribution < 1.29 is 143 Å². The Morgan fingerprint density at radius 3 is 0.688 bits per heavy atom. The summed E-state index contributed by atoms with van der Waals surface area (Å²) in [6.07, 6.45) is 2.44. The molecule has 33 heteroatoms. The van der Waals surface area contributed by atoms with Crippen LogP contribution in [0.5, 0.6) is 0 Å². The monoisotopic (exact) mass is 1350 g/mol. The highest BCUT2D eigenvalue weighted by atomic mass is 16.7. The maximum Gasteiger partial charge on any atom is 0.335 e. The Labute approximate surface area is 546 Å². The number of hydrogen-bond donors (Lipinski definition) is 1. The molecule has 0 aliphatic carbocycles. The van der Waals surface area contributed by atoms with Gasteiger partial charge in [-0.05, 0) is 0 Å². The van der Waals surface area contributed by atoms with E-state index in [4.69, 9.17) is 114 Å². The van der Waals surface area contributed by atoms with Crippen LogP contribution in [0.4, 0.5) is 0 Å². The fraction of sp³-hybridized carbons (Fsp3) is 0.867. The van der Waals surface area contributed by atoms with Gasteiger partial charge in [-0.1, -0.05) is 0 Å². The third-order valence-electron chi connectivity index (χ3n) is 11.9.